The maximum atomic E-state index is 14.3. The molecular weight excluding hydrogens is 597 g/mol. The van der Waals surface area contributed by atoms with Crippen LogP contribution in [0.3, 0.4) is 0 Å². The van der Waals surface area contributed by atoms with Crippen molar-refractivity contribution in [3.8, 4) is 5.75 Å². The van der Waals surface area contributed by atoms with Crippen LogP contribution in [0, 0.1) is 13.8 Å². The van der Waals surface area contributed by atoms with Crippen molar-refractivity contribution in [3.05, 3.63) is 87.4 Å². The molecule has 0 radical (unpaired) electrons. The number of nitrogens with one attached hydrogen (secondary N) is 1. The highest BCUT2D eigenvalue weighted by atomic mass is 35.5. The van der Waals surface area contributed by atoms with Crippen LogP contribution >= 0.6 is 23.2 Å². The predicted octanol–water partition coefficient (Wildman–Crippen LogP) is 6.15. The van der Waals surface area contributed by atoms with Gasteiger partial charge in [0.25, 0.3) is 10.0 Å². The highest BCUT2D eigenvalue weighted by molar-refractivity contribution is 7.92. The Morgan fingerprint density at radius 1 is 0.952 bits per heavy atom. The Balaban J connectivity index is 2.17. The first-order valence-corrected chi connectivity index (χ1v) is 15.8. The number of methoxy groups -OCH3 is 1. The Morgan fingerprint density at radius 2 is 1.55 bits per heavy atom. The minimum absolute atomic E-state index is 0.00903. The quantitative estimate of drug-likeness (QED) is 0.258. The SMILES string of the molecule is CC[C@H](C(=O)NC(C)C)N(Cc1c(Cl)cccc1Cl)C(=O)CN(c1cc(C)ccc1OC)S(=O)(=O)c1ccc(C)cc1. The highest BCUT2D eigenvalue weighted by Gasteiger charge is 2.35. The molecule has 0 aliphatic heterocycles. The van der Waals surface area contributed by atoms with E-state index >= 15 is 0 Å². The van der Waals surface area contributed by atoms with Crippen molar-refractivity contribution in [2.45, 2.75) is 64.6 Å². The third-order valence-corrected chi connectivity index (χ3v) is 9.18. The minimum atomic E-state index is -4.26. The standard InChI is InChI=1S/C31H37Cl2N3O5S/c1-7-27(31(38)34-20(2)3)35(18-24-25(32)9-8-10-26(24)33)30(37)19-36(28-17-22(5)13-16-29(28)41-6)42(39,40)23-14-11-21(4)12-15-23/h8-17,20,27H,7,18-19H2,1-6H3,(H,34,38)/t27-/m1/s1. The lowest BCUT2D eigenvalue weighted by Crippen LogP contribution is -2.53. The van der Waals surface area contributed by atoms with E-state index in [1.54, 1.807) is 55.5 Å². The summed E-state index contributed by atoms with van der Waals surface area (Å²) in [5, 5.41) is 3.51. The molecule has 0 aliphatic carbocycles. The Bertz CT molecular complexity index is 1510. The number of benzene rings is 3. The van der Waals surface area contributed by atoms with Crippen LogP contribution in [-0.2, 0) is 26.2 Å². The van der Waals surface area contributed by atoms with Gasteiger partial charge >= 0.3 is 0 Å². The first-order chi connectivity index (χ1) is 19.8. The van der Waals surface area contributed by atoms with Crippen LogP contribution in [0.4, 0.5) is 5.69 Å². The molecular formula is C31H37Cl2N3O5S. The molecule has 11 heteroatoms. The molecule has 42 heavy (non-hydrogen) atoms. The highest BCUT2D eigenvalue weighted by Crippen LogP contribution is 2.34. The smallest absolute Gasteiger partial charge is 0.264 e. The van der Waals surface area contributed by atoms with Gasteiger partial charge in [0.1, 0.15) is 18.3 Å². The molecule has 0 unspecified atom stereocenters. The molecule has 0 spiro atoms. The number of amides is 2. The third-order valence-electron chi connectivity index (χ3n) is 6.70. The van der Waals surface area contributed by atoms with Crippen LogP contribution in [-0.4, -0.2) is 50.9 Å². The zero-order valence-electron chi connectivity index (χ0n) is 24.6. The van der Waals surface area contributed by atoms with Crippen molar-refractivity contribution in [2.75, 3.05) is 18.0 Å². The number of hydrogen-bond donors (Lipinski definition) is 1. The zero-order chi connectivity index (χ0) is 31.2. The van der Waals surface area contributed by atoms with Gasteiger partial charge in [-0.25, -0.2) is 8.42 Å². The van der Waals surface area contributed by atoms with Crippen molar-refractivity contribution in [2.24, 2.45) is 0 Å². The van der Waals surface area contributed by atoms with Gasteiger partial charge in [0, 0.05) is 28.2 Å². The van der Waals surface area contributed by atoms with Crippen LogP contribution in [0.5, 0.6) is 5.75 Å². The largest absolute Gasteiger partial charge is 0.495 e. The molecule has 3 aromatic carbocycles. The molecule has 226 valence electrons. The van der Waals surface area contributed by atoms with E-state index in [1.165, 1.54) is 24.1 Å². The van der Waals surface area contributed by atoms with Gasteiger partial charge in [-0.05, 0) is 76.1 Å². The van der Waals surface area contributed by atoms with Crippen molar-refractivity contribution in [1.82, 2.24) is 10.2 Å². The molecule has 8 nitrogen and oxygen atoms in total. The topological polar surface area (TPSA) is 96.0 Å². The normalized spacial score (nSPS) is 12.1. The minimum Gasteiger partial charge on any atom is -0.495 e. The number of aryl methyl sites for hydroxylation is 2. The fourth-order valence-electron chi connectivity index (χ4n) is 4.50. The number of sulfonamides is 1. The molecule has 0 heterocycles. The van der Waals surface area contributed by atoms with Gasteiger partial charge in [0.05, 0.1) is 17.7 Å². The van der Waals surface area contributed by atoms with E-state index in [2.05, 4.69) is 5.32 Å². The molecule has 0 saturated heterocycles. The first kappa shape index (κ1) is 33.2. The van der Waals surface area contributed by atoms with E-state index in [4.69, 9.17) is 27.9 Å². The fourth-order valence-corrected chi connectivity index (χ4v) is 6.43. The van der Waals surface area contributed by atoms with Gasteiger partial charge in [-0.3, -0.25) is 13.9 Å². The maximum absolute atomic E-state index is 14.3. The molecule has 1 atom stereocenters. The third kappa shape index (κ3) is 7.76. The van der Waals surface area contributed by atoms with Crippen LogP contribution < -0.4 is 14.4 Å². The van der Waals surface area contributed by atoms with Gasteiger partial charge in [0.15, 0.2) is 0 Å². The molecule has 0 saturated carbocycles. The number of anilines is 1. The molecule has 0 bridgehead atoms. The number of ether oxygens (including phenoxy) is 1. The van der Waals surface area contributed by atoms with Gasteiger partial charge in [-0.15, -0.1) is 0 Å². The van der Waals surface area contributed by atoms with E-state index in [0.717, 1.165) is 15.4 Å². The molecule has 3 rings (SSSR count). The summed E-state index contributed by atoms with van der Waals surface area (Å²) in [5.74, 6) is -0.713. The van der Waals surface area contributed by atoms with Gasteiger partial charge in [0.2, 0.25) is 11.8 Å². The van der Waals surface area contributed by atoms with Crippen molar-refractivity contribution in [1.29, 1.82) is 0 Å². The van der Waals surface area contributed by atoms with E-state index in [0.29, 0.717) is 15.6 Å². The summed E-state index contributed by atoms with van der Waals surface area (Å²) in [6, 6.07) is 15.3. The van der Waals surface area contributed by atoms with Gasteiger partial charge in [-0.1, -0.05) is 60.0 Å². The van der Waals surface area contributed by atoms with E-state index in [1.807, 2.05) is 27.7 Å². The monoisotopic (exact) mass is 633 g/mol. The van der Waals surface area contributed by atoms with Gasteiger partial charge in [-0.2, -0.15) is 0 Å². The second-order valence-electron chi connectivity index (χ2n) is 10.3. The molecule has 0 aromatic heterocycles. The lowest BCUT2D eigenvalue weighted by Gasteiger charge is -2.34. The molecule has 0 fully saturated rings. The summed E-state index contributed by atoms with van der Waals surface area (Å²) in [5.41, 5.74) is 2.30. The Labute approximate surface area is 258 Å². The number of nitrogens with zero attached hydrogens (tertiary/aromatic N) is 2. The number of hydrogen-bond acceptors (Lipinski definition) is 5. The van der Waals surface area contributed by atoms with Crippen LogP contribution in [0.25, 0.3) is 0 Å². The Morgan fingerprint density at radius 3 is 2.10 bits per heavy atom. The van der Waals surface area contributed by atoms with Crippen molar-refractivity contribution >= 4 is 50.7 Å². The van der Waals surface area contributed by atoms with Gasteiger partial charge < -0.3 is 15.0 Å². The predicted molar refractivity (Wildman–Crippen MR) is 168 cm³/mol. The summed E-state index contributed by atoms with van der Waals surface area (Å²) in [6.45, 7) is 8.38. The number of halogens is 2. The summed E-state index contributed by atoms with van der Waals surface area (Å²) in [7, 11) is -2.82. The number of rotatable bonds is 12. The second-order valence-corrected chi connectivity index (χ2v) is 13.0. The van der Waals surface area contributed by atoms with Crippen LogP contribution in [0.1, 0.15) is 43.9 Å². The molecule has 3 aromatic rings. The summed E-state index contributed by atoms with van der Waals surface area (Å²) < 4.78 is 34.8. The Hall–Kier alpha value is -3.27. The fraction of sp³-hybridized carbons (Fsp3) is 0.355. The van der Waals surface area contributed by atoms with E-state index < -0.39 is 28.5 Å². The first-order valence-electron chi connectivity index (χ1n) is 13.6. The maximum Gasteiger partial charge on any atom is 0.264 e. The van der Waals surface area contributed by atoms with E-state index in [-0.39, 0.29) is 41.2 Å². The summed E-state index contributed by atoms with van der Waals surface area (Å²) >= 11 is 12.9. The summed E-state index contributed by atoms with van der Waals surface area (Å²) in [6.07, 6.45) is 0.269. The van der Waals surface area contributed by atoms with Crippen LogP contribution in [0.2, 0.25) is 10.0 Å². The average molecular weight is 635 g/mol. The molecule has 1 N–H and O–H groups in total. The summed E-state index contributed by atoms with van der Waals surface area (Å²) in [4.78, 5) is 28.9. The lowest BCUT2D eigenvalue weighted by atomic mass is 10.1. The number of carbonyl (C=O) groups is 2. The molecule has 0 aliphatic rings. The van der Waals surface area contributed by atoms with E-state index in [9.17, 15) is 18.0 Å². The lowest BCUT2D eigenvalue weighted by molar-refractivity contribution is -0.140. The zero-order valence-corrected chi connectivity index (χ0v) is 27.0. The number of carbonyl (C=O) groups excluding carboxylic acids is 2. The van der Waals surface area contributed by atoms with Crippen molar-refractivity contribution in [3.63, 3.8) is 0 Å². The average Bonchev–Trinajstić information content (AvgIpc) is 2.92. The Kier molecular flexibility index (Phi) is 11.3. The van der Waals surface area contributed by atoms with Crippen molar-refractivity contribution < 1.29 is 22.7 Å². The van der Waals surface area contributed by atoms with Crippen LogP contribution in [0.15, 0.2) is 65.6 Å². The molecule has 2 amide bonds. The second kappa shape index (κ2) is 14.3.